The lowest BCUT2D eigenvalue weighted by Crippen LogP contribution is -2.17. The fourth-order valence-corrected chi connectivity index (χ4v) is 2.62. The van der Waals surface area contributed by atoms with E-state index in [0.717, 1.165) is 5.75 Å². The molecule has 0 saturated carbocycles. The van der Waals surface area contributed by atoms with Crippen LogP contribution in [0.5, 0.6) is 0 Å². The first kappa shape index (κ1) is 11.1. The minimum atomic E-state index is 0.198. The van der Waals surface area contributed by atoms with E-state index in [0.29, 0.717) is 4.75 Å². The normalized spacial score (nSPS) is 14.5. The molecule has 1 atom stereocenters. The molecule has 0 amide bonds. The molecule has 0 aromatic carbocycles. The van der Waals surface area contributed by atoms with Crippen LogP contribution in [-0.2, 0) is 0 Å². The summed E-state index contributed by atoms with van der Waals surface area (Å²) in [5.74, 6) is 1.00. The van der Waals surface area contributed by atoms with Gasteiger partial charge >= 0.3 is 0 Å². The lowest BCUT2D eigenvalue weighted by Gasteiger charge is -2.19. The van der Waals surface area contributed by atoms with Gasteiger partial charge < -0.3 is 5.73 Å². The van der Waals surface area contributed by atoms with Gasteiger partial charge in [-0.25, -0.2) is 0 Å². The lowest BCUT2D eigenvalue weighted by molar-refractivity contribution is 0.784. The van der Waals surface area contributed by atoms with Crippen LogP contribution >= 0.6 is 23.1 Å². The van der Waals surface area contributed by atoms with E-state index in [-0.39, 0.29) is 6.04 Å². The fourth-order valence-electron chi connectivity index (χ4n) is 0.924. The Morgan fingerprint density at radius 3 is 2.69 bits per heavy atom. The molecular weight excluding hydrogens is 198 g/mol. The smallest absolute Gasteiger partial charge is 0.0481 e. The van der Waals surface area contributed by atoms with Gasteiger partial charge in [-0.15, -0.1) is 11.3 Å². The molecule has 0 fully saturated rings. The third-order valence-corrected chi connectivity index (χ3v) is 4.00. The highest BCUT2D eigenvalue weighted by Crippen LogP contribution is 2.28. The minimum Gasteiger partial charge on any atom is -0.323 e. The summed E-state index contributed by atoms with van der Waals surface area (Å²) in [7, 11) is 0. The third-order valence-electron chi connectivity index (χ3n) is 1.60. The molecule has 0 aliphatic carbocycles. The van der Waals surface area contributed by atoms with Crippen LogP contribution in [0.4, 0.5) is 0 Å². The maximum atomic E-state index is 6.04. The van der Waals surface area contributed by atoms with Gasteiger partial charge in [-0.1, -0.05) is 26.8 Å². The van der Waals surface area contributed by atoms with Crippen molar-refractivity contribution in [1.82, 2.24) is 0 Å². The van der Waals surface area contributed by atoms with Crippen LogP contribution in [0.3, 0.4) is 0 Å². The van der Waals surface area contributed by atoms with E-state index in [1.165, 1.54) is 4.88 Å². The zero-order valence-corrected chi connectivity index (χ0v) is 10.0. The van der Waals surface area contributed by atoms with Gasteiger partial charge in [0, 0.05) is 21.4 Å². The van der Waals surface area contributed by atoms with Crippen molar-refractivity contribution >= 4 is 23.1 Å². The second-order valence-electron chi connectivity index (χ2n) is 4.05. The number of hydrogen-bond acceptors (Lipinski definition) is 3. The molecule has 1 aromatic heterocycles. The number of thioether (sulfide) groups is 1. The molecule has 0 saturated heterocycles. The molecule has 0 aliphatic heterocycles. The zero-order valence-electron chi connectivity index (χ0n) is 8.41. The quantitative estimate of drug-likeness (QED) is 0.837. The maximum Gasteiger partial charge on any atom is 0.0481 e. The Bertz CT molecular complexity index is 236. The zero-order chi connectivity index (χ0) is 9.90. The van der Waals surface area contributed by atoms with E-state index in [4.69, 9.17) is 5.73 Å². The first-order valence-electron chi connectivity index (χ1n) is 4.42. The van der Waals surface area contributed by atoms with Gasteiger partial charge in [0.25, 0.3) is 0 Å². The molecule has 0 spiro atoms. The summed E-state index contributed by atoms with van der Waals surface area (Å²) in [4.78, 5) is 1.29. The SMILES string of the molecule is CC(C)(C)SCC(N)c1cccs1. The molecule has 0 bridgehead atoms. The van der Waals surface area contributed by atoms with E-state index in [9.17, 15) is 0 Å². The largest absolute Gasteiger partial charge is 0.323 e. The fraction of sp³-hybridized carbons (Fsp3) is 0.600. The summed E-state index contributed by atoms with van der Waals surface area (Å²) in [6.07, 6.45) is 0. The molecule has 1 nitrogen and oxygen atoms in total. The highest BCUT2D eigenvalue weighted by molar-refractivity contribution is 8.00. The minimum absolute atomic E-state index is 0.198. The Balaban J connectivity index is 2.39. The molecule has 0 radical (unpaired) electrons. The van der Waals surface area contributed by atoms with Crippen molar-refractivity contribution in [3.63, 3.8) is 0 Å². The maximum absolute atomic E-state index is 6.04. The van der Waals surface area contributed by atoms with Crippen molar-refractivity contribution in [3.05, 3.63) is 22.4 Å². The molecule has 1 heterocycles. The van der Waals surface area contributed by atoms with E-state index in [1.54, 1.807) is 11.3 Å². The average Bonchev–Trinajstić information content (AvgIpc) is 2.50. The molecule has 1 rings (SSSR count). The number of thiophene rings is 1. The van der Waals surface area contributed by atoms with Gasteiger partial charge in [-0.3, -0.25) is 0 Å². The van der Waals surface area contributed by atoms with Crippen molar-refractivity contribution < 1.29 is 0 Å². The van der Waals surface area contributed by atoms with Gasteiger partial charge in [0.05, 0.1) is 0 Å². The van der Waals surface area contributed by atoms with Crippen LogP contribution in [-0.4, -0.2) is 10.5 Å². The average molecular weight is 215 g/mol. The van der Waals surface area contributed by atoms with Crippen molar-refractivity contribution in [2.45, 2.75) is 31.6 Å². The summed E-state index contributed by atoms with van der Waals surface area (Å²) in [6.45, 7) is 6.66. The van der Waals surface area contributed by atoms with Crippen molar-refractivity contribution in [2.75, 3.05) is 5.75 Å². The second-order valence-corrected chi connectivity index (χ2v) is 6.87. The molecule has 74 valence electrons. The predicted molar refractivity (Wildman–Crippen MR) is 63.5 cm³/mol. The highest BCUT2D eigenvalue weighted by atomic mass is 32.2. The second kappa shape index (κ2) is 4.49. The summed E-state index contributed by atoms with van der Waals surface area (Å²) >= 11 is 3.66. The van der Waals surface area contributed by atoms with E-state index < -0.39 is 0 Å². The monoisotopic (exact) mass is 215 g/mol. The number of hydrogen-bond donors (Lipinski definition) is 1. The Labute approximate surface area is 88.7 Å². The van der Waals surface area contributed by atoms with Crippen molar-refractivity contribution in [1.29, 1.82) is 0 Å². The Morgan fingerprint density at radius 2 is 2.23 bits per heavy atom. The van der Waals surface area contributed by atoms with Gasteiger partial charge in [0.2, 0.25) is 0 Å². The molecule has 3 heteroatoms. The molecule has 2 N–H and O–H groups in total. The van der Waals surface area contributed by atoms with Gasteiger partial charge in [-0.2, -0.15) is 11.8 Å². The first-order chi connectivity index (χ1) is 5.99. The molecule has 0 aliphatic rings. The molecule has 13 heavy (non-hydrogen) atoms. The topological polar surface area (TPSA) is 26.0 Å². The Hall–Kier alpha value is 0.01000. The van der Waals surface area contributed by atoms with Gasteiger partial charge in [-0.05, 0) is 11.4 Å². The third kappa shape index (κ3) is 4.16. The predicted octanol–water partition coefficient (Wildman–Crippen LogP) is 3.28. The number of rotatable bonds is 3. The summed E-state index contributed by atoms with van der Waals surface area (Å²) in [6, 6.07) is 4.37. The van der Waals surface area contributed by atoms with Crippen LogP contribution in [0.15, 0.2) is 17.5 Å². The Kier molecular flexibility index (Phi) is 3.83. The van der Waals surface area contributed by atoms with Crippen LogP contribution in [0.2, 0.25) is 0 Å². The lowest BCUT2D eigenvalue weighted by atomic mass is 10.3. The van der Waals surface area contributed by atoms with Crippen LogP contribution < -0.4 is 5.73 Å². The Morgan fingerprint density at radius 1 is 1.54 bits per heavy atom. The van der Waals surface area contributed by atoms with Gasteiger partial charge in [0.15, 0.2) is 0 Å². The molecular formula is C10H17NS2. The van der Waals surface area contributed by atoms with E-state index in [1.807, 2.05) is 11.8 Å². The van der Waals surface area contributed by atoms with Crippen molar-refractivity contribution in [2.24, 2.45) is 5.73 Å². The van der Waals surface area contributed by atoms with E-state index >= 15 is 0 Å². The van der Waals surface area contributed by atoms with Crippen LogP contribution in [0.25, 0.3) is 0 Å². The first-order valence-corrected chi connectivity index (χ1v) is 6.28. The summed E-state index contributed by atoms with van der Waals surface area (Å²) in [5, 5.41) is 2.08. The van der Waals surface area contributed by atoms with Crippen molar-refractivity contribution in [3.8, 4) is 0 Å². The van der Waals surface area contributed by atoms with E-state index in [2.05, 4.69) is 38.3 Å². The highest BCUT2D eigenvalue weighted by Gasteiger charge is 2.14. The molecule has 1 unspecified atom stereocenters. The summed E-state index contributed by atoms with van der Waals surface area (Å²) in [5.41, 5.74) is 6.04. The van der Waals surface area contributed by atoms with Crippen LogP contribution in [0.1, 0.15) is 31.7 Å². The standard InChI is InChI=1S/C10H17NS2/c1-10(2,3)13-7-8(11)9-5-4-6-12-9/h4-6,8H,7,11H2,1-3H3. The number of nitrogens with two attached hydrogens (primary N) is 1. The van der Waals surface area contributed by atoms with Crippen LogP contribution in [0, 0.1) is 0 Å². The van der Waals surface area contributed by atoms with Gasteiger partial charge in [0.1, 0.15) is 0 Å². The molecule has 1 aromatic rings. The summed E-state index contributed by atoms with van der Waals surface area (Å²) < 4.78 is 0.314.